The maximum Gasteiger partial charge on any atom is 0.119 e. The zero-order valence-electron chi connectivity index (χ0n) is 14.0. The fourth-order valence-electron chi connectivity index (χ4n) is 3.19. The predicted octanol–water partition coefficient (Wildman–Crippen LogP) is 5.60. The summed E-state index contributed by atoms with van der Waals surface area (Å²) in [5.74, 6) is 8.98. The van der Waals surface area contributed by atoms with Crippen LogP contribution in [0.25, 0.3) is 0 Å². The highest BCUT2D eigenvalue weighted by atomic mass is 16.5. The fourth-order valence-corrected chi connectivity index (χ4v) is 3.19. The number of hydrogen-bond acceptors (Lipinski definition) is 1. The van der Waals surface area contributed by atoms with Crippen molar-refractivity contribution in [1.29, 1.82) is 0 Å². The largest absolute Gasteiger partial charge is 0.494 e. The van der Waals surface area contributed by atoms with E-state index in [1.807, 2.05) is 37.3 Å². The van der Waals surface area contributed by atoms with Gasteiger partial charge in [-0.1, -0.05) is 37.7 Å². The van der Waals surface area contributed by atoms with Crippen LogP contribution in [0.2, 0.25) is 0 Å². The van der Waals surface area contributed by atoms with E-state index >= 15 is 0 Å². The lowest BCUT2D eigenvalue weighted by Gasteiger charge is -2.26. The molecule has 0 aromatic heterocycles. The zero-order valence-corrected chi connectivity index (χ0v) is 14.0. The highest BCUT2D eigenvalue weighted by molar-refractivity contribution is 5.40. The molecule has 0 saturated heterocycles. The first kappa shape index (κ1) is 16.7. The molecule has 0 atom stereocenters. The molecule has 2 rings (SSSR count). The summed E-state index contributed by atoms with van der Waals surface area (Å²) in [6, 6.07) is 7.99. The molecule has 0 bridgehead atoms. The Balaban J connectivity index is 1.78. The summed E-state index contributed by atoms with van der Waals surface area (Å²) in [4.78, 5) is 0. The van der Waals surface area contributed by atoms with Gasteiger partial charge in [0, 0.05) is 5.56 Å². The molecule has 0 unspecified atom stereocenters. The average molecular weight is 296 g/mol. The molecule has 1 aromatic carbocycles. The molecule has 0 radical (unpaired) electrons. The molecule has 1 aromatic rings. The molecular formula is C21H28O. The van der Waals surface area contributed by atoms with Crippen molar-refractivity contribution in [2.75, 3.05) is 6.61 Å². The van der Waals surface area contributed by atoms with Crippen LogP contribution in [0.4, 0.5) is 0 Å². The standard InChI is InChI=1S/C21H28O/c1-3-7-18-10-12-19(13-11-18)8-5-6-9-20-14-16-21(17-15-20)22-4-2/h5,8,14-19H,3-4,7,10-13H2,1-2H3. The van der Waals surface area contributed by atoms with Crippen molar-refractivity contribution in [3.8, 4) is 17.6 Å². The topological polar surface area (TPSA) is 9.23 Å². The fraction of sp³-hybridized carbons (Fsp3) is 0.524. The van der Waals surface area contributed by atoms with E-state index in [4.69, 9.17) is 4.74 Å². The summed E-state index contributed by atoms with van der Waals surface area (Å²) in [7, 11) is 0. The van der Waals surface area contributed by atoms with Crippen LogP contribution < -0.4 is 4.74 Å². The van der Waals surface area contributed by atoms with Gasteiger partial charge in [-0.25, -0.2) is 0 Å². The third-order valence-corrected chi connectivity index (χ3v) is 4.42. The Morgan fingerprint density at radius 2 is 1.82 bits per heavy atom. The minimum absolute atomic E-state index is 0.703. The van der Waals surface area contributed by atoms with Crippen molar-refractivity contribution in [2.45, 2.75) is 52.4 Å². The van der Waals surface area contributed by atoms with E-state index in [0.717, 1.165) is 23.1 Å². The number of benzene rings is 1. The molecule has 22 heavy (non-hydrogen) atoms. The van der Waals surface area contributed by atoms with E-state index in [1.54, 1.807) is 0 Å². The first-order chi connectivity index (χ1) is 10.8. The van der Waals surface area contributed by atoms with E-state index in [-0.39, 0.29) is 0 Å². The van der Waals surface area contributed by atoms with Crippen molar-refractivity contribution in [3.05, 3.63) is 42.0 Å². The van der Waals surface area contributed by atoms with Gasteiger partial charge in [-0.15, -0.1) is 0 Å². The minimum atomic E-state index is 0.703. The second-order valence-electron chi connectivity index (χ2n) is 6.16. The Labute approximate surface area is 135 Å². The quantitative estimate of drug-likeness (QED) is 0.643. The first-order valence-corrected chi connectivity index (χ1v) is 8.72. The summed E-state index contributed by atoms with van der Waals surface area (Å²) >= 11 is 0. The molecule has 1 nitrogen and oxygen atoms in total. The van der Waals surface area contributed by atoms with Gasteiger partial charge in [0.2, 0.25) is 0 Å². The van der Waals surface area contributed by atoms with Crippen molar-refractivity contribution < 1.29 is 4.74 Å². The highest BCUT2D eigenvalue weighted by Gasteiger charge is 2.18. The predicted molar refractivity (Wildman–Crippen MR) is 94.0 cm³/mol. The van der Waals surface area contributed by atoms with Crippen molar-refractivity contribution in [2.24, 2.45) is 11.8 Å². The lowest BCUT2D eigenvalue weighted by molar-refractivity contribution is 0.294. The van der Waals surface area contributed by atoms with E-state index in [1.165, 1.54) is 38.5 Å². The van der Waals surface area contributed by atoms with E-state index in [9.17, 15) is 0 Å². The number of hydrogen-bond donors (Lipinski definition) is 0. The maximum atomic E-state index is 5.43. The average Bonchev–Trinajstić information content (AvgIpc) is 2.55. The summed E-state index contributed by atoms with van der Waals surface area (Å²) in [6.45, 7) is 4.99. The molecule has 1 aliphatic rings. The van der Waals surface area contributed by atoms with Crippen LogP contribution in [0.1, 0.15) is 57.9 Å². The Kier molecular flexibility index (Phi) is 7.10. The van der Waals surface area contributed by atoms with E-state index in [0.29, 0.717) is 6.61 Å². The SMILES string of the molecule is CCCC1CCC(C=CC#Cc2ccc(OCC)cc2)CC1. The lowest BCUT2D eigenvalue weighted by Crippen LogP contribution is -2.12. The molecule has 0 aliphatic heterocycles. The van der Waals surface area contributed by atoms with Crippen LogP contribution in [0, 0.1) is 23.7 Å². The van der Waals surface area contributed by atoms with Crippen molar-refractivity contribution >= 4 is 0 Å². The second-order valence-corrected chi connectivity index (χ2v) is 6.16. The smallest absolute Gasteiger partial charge is 0.119 e. The number of allylic oxidation sites excluding steroid dienone is 2. The molecule has 0 amide bonds. The van der Waals surface area contributed by atoms with Crippen molar-refractivity contribution in [1.82, 2.24) is 0 Å². The van der Waals surface area contributed by atoms with Crippen LogP contribution in [-0.4, -0.2) is 6.61 Å². The highest BCUT2D eigenvalue weighted by Crippen LogP contribution is 2.31. The van der Waals surface area contributed by atoms with Gasteiger partial charge in [0.1, 0.15) is 5.75 Å². The molecule has 0 N–H and O–H groups in total. The molecule has 1 saturated carbocycles. The molecule has 1 heteroatoms. The van der Waals surface area contributed by atoms with Crippen LogP contribution in [0.3, 0.4) is 0 Å². The first-order valence-electron chi connectivity index (χ1n) is 8.72. The number of ether oxygens (including phenoxy) is 1. The zero-order chi connectivity index (χ0) is 15.6. The Hall–Kier alpha value is -1.68. The molecule has 1 aliphatic carbocycles. The molecule has 1 fully saturated rings. The Morgan fingerprint density at radius 1 is 1.09 bits per heavy atom. The van der Waals surface area contributed by atoms with Gasteiger partial charge in [0.15, 0.2) is 0 Å². The molecule has 0 spiro atoms. The van der Waals surface area contributed by atoms with Gasteiger partial charge in [-0.2, -0.15) is 0 Å². The molecular weight excluding hydrogens is 268 g/mol. The third-order valence-electron chi connectivity index (χ3n) is 4.42. The van der Waals surface area contributed by atoms with Gasteiger partial charge in [0.05, 0.1) is 6.61 Å². The van der Waals surface area contributed by atoms with Gasteiger partial charge in [-0.05, 0) is 74.8 Å². The van der Waals surface area contributed by atoms with Crippen LogP contribution in [0.15, 0.2) is 36.4 Å². The summed E-state index contributed by atoms with van der Waals surface area (Å²) in [5.41, 5.74) is 1.04. The van der Waals surface area contributed by atoms with Crippen molar-refractivity contribution in [3.63, 3.8) is 0 Å². The summed E-state index contributed by atoms with van der Waals surface area (Å²) < 4.78 is 5.43. The Morgan fingerprint density at radius 3 is 2.45 bits per heavy atom. The Bertz CT molecular complexity index is 507. The third kappa shape index (κ3) is 5.60. The van der Waals surface area contributed by atoms with E-state index in [2.05, 4.69) is 24.8 Å². The summed E-state index contributed by atoms with van der Waals surface area (Å²) in [6.07, 6.45) is 12.6. The second kappa shape index (κ2) is 9.36. The van der Waals surface area contributed by atoms with Crippen LogP contribution in [0.5, 0.6) is 5.75 Å². The maximum absolute atomic E-state index is 5.43. The lowest BCUT2D eigenvalue weighted by atomic mass is 9.80. The van der Waals surface area contributed by atoms with Gasteiger partial charge >= 0.3 is 0 Å². The van der Waals surface area contributed by atoms with E-state index < -0.39 is 0 Å². The minimum Gasteiger partial charge on any atom is -0.494 e. The normalized spacial score (nSPS) is 21.4. The van der Waals surface area contributed by atoms with Crippen LogP contribution in [-0.2, 0) is 0 Å². The molecule has 118 valence electrons. The number of rotatable bonds is 5. The summed E-state index contributed by atoms with van der Waals surface area (Å²) in [5, 5.41) is 0. The molecule has 0 heterocycles. The monoisotopic (exact) mass is 296 g/mol. The van der Waals surface area contributed by atoms with Gasteiger partial charge in [-0.3, -0.25) is 0 Å². The van der Waals surface area contributed by atoms with Gasteiger partial charge in [0.25, 0.3) is 0 Å². The van der Waals surface area contributed by atoms with Crippen LogP contribution >= 0.6 is 0 Å². The van der Waals surface area contributed by atoms with Gasteiger partial charge < -0.3 is 4.74 Å².